The fourth-order valence-corrected chi connectivity index (χ4v) is 4.05. The Morgan fingerprint density at radius 3 is 2.22 bits per heavy atom. The predicted molar refractivity (Wildman–Crippen MR) is 117 cm³/mol. The van der Waals surface area contributed by atoms with Crippen LogP contribution in [-0.2, 0) is 21.4 Å². The summed E-state index contributed by atoms with van der Waals surface area (Å²) in [7, 11) is 1.72. The molecular weight excluding hydrogens is 408 g/mol. The van der Waals surface area contributed by atoms with Crippen molar-refractivity contribution in [1.82, 2.24) is 4.57 Å². The number of Topliss-reactive ketones (excluding diaryl/α,β-unsaturated/α-hetero) is 2. The van der Waals surface area contributed by atoms with E-state index in [9.17, 15) is 19.2 Å². The SMILES string of the molecule is CCOC(=O)c1ccc(N2C(=O)C(=O)C(C(=O)c3cccn3C)C2c2ccccc2)cc1. The molecule has 7 nitrogen and oxygen atoms in total. The van der Waals surface area contributed by atoms with Gasteiger partial charge in [0.1, 0.15) is 5.92 Å². The molecule has 1 aliphatic rings. The molecular formula is C25H22N2O5. The number of ketones is 2. The van der Waals surface area contributed by atoms with Crippen LogP contribution in [0, 0.1) is 5.92 Å². The molecule has 1 aromatic heterocycles. The summed E-state index contributed by atoms with van der Waals surface area (Å²) in [4.78, 5) is 52.9. The molecule has 1 amide bonds. The zero-order valence-corrected chi connectivity index (χ0v) is 17.7. The molecule has 0 aliphatic carbocycles. The van der Waals surface area contributed by atoms with Crippen molar-refractivity contribution >= 4 is 29.1 Å². The first-order chi connectivity index (χ1) is 15.4. The van der Waals surface area contributed by atoms with E-state index in [1.807, 2.05) is 6.07 Å². The van der Waals surface area contributed by atoms with E-state index in [0.717, 1.165) is 0 Å². The van der Waals surface area contributed by atoms with E-state index < -0.39 is 35.4 Å². The predicted octanol–water partition coefficient (Wildman–Crippen LogP) is 3.36. The Morgan fingerprint density at radius 1 is 0.938 bits per heavy atom. The third-order valence-corrected chi connectivity index (χ3v) is 5.58. The molecule has 4 rings (SSSR count). The molecule has 32 heavy (non-hydrogen) atoms. The lowest BCUT2D eigenvalue weighted by atomic mass is 9.88. The number of carbonyl (C=O) groups is 4. The molecule has 3 aromatic rings. The second-order valence-electron chi connectivity index (χ2n) is 7.51. The molecule has 0 spiro atoms. The van der Waals surface area contributed by atoms with Gasteiger partial charge < -0.3 is 9.30 Å². The van der Waals surface area contributed by atoms with Crippen LogP contribution in [0.1, 0.15) is 39.4 Å². The zero-order valence-electron chi connectivity index (χ0n) is 17.7. The summed E-state index contributed by atoms with van der Waals surface area (Å²) in [6.07, 6.45) is 1.72. The van der Waals surface area contributed by atoms with E-state index >= 15 is 0 Å². The molecule has 0 N–H and O–H groups in total. The van der Waals surface area contributed by atoms with Gasteiger partial charge in [-0.2, -0.15) is 0 Å². The molecule has 2 atom stereocenters. The Balaban J connectivity index is 1.78. The molecule has 2 aromatic carbocycles. The number of benzene rings is 2. The molecule has 0 saturated carbocycles. The minimum Gasteiger partial charge on any atom is -0.462 e. The molecule has 1 fully saturated rings. The van der Waals surface area contributed by atoms with Crippen LogP contribution in [-0.4, -0.2) is 34.6 Å². The van der Waals surface area contributed by atoms with Crippen LogP contribution in [0.15, 0.2) is 72.9 Å². The van der Waals surface area contributed by atoms with Gasteiger partial charge in [-0.3, -0.25) is 19.3 Å². The van der Waals surface area contributed by atoms with E-state index in [2.05, 4.69) is 0 Å². The molecule has 0 radical (unpaired) electrons. The van der Waals surface area contributed by atoms with Gasteiger partial charge in [-0.05, 0) is 48.9 Å². The summed E-state index contributed by atoms with van der Waals surface area (Å²) in [5.74, 6) is -3.56. The minimum atomic E-state index is -1.18. The van der Waals surface area contributed by atoms with E-state index in [-0.39, 0.29) is 6.61 Å². The smallest absolute Gasteiger partial charge is 0.338 e. The largest absolute Gasteiger partial charge is 0.462 e. The van der Waals surface area contributed by atoms with Crippen molar-refractivity contribution in [3.63, 3.8) is 0 Å². The first-order valence-corrected chi connectivity index (χ1v) is 10.3. The topological polar surface area (TPSA) is 85.7 Å². The van der Waals surface area contributed by atoms with Gasteiger partial charge in [-0.15, -0.1) is 0 Å². The number of ether oxygens (including phenoxy) is 1. The number of aryl methyl sites for hydroxylation is 1. The lowest BCUT2D eigenvalue weighted by molar-refractivity contribution is -0.135. The monoisotopic (exact) mass is 430 g/mol. The maximum atomic E-state index is 13.4. The number of rotatable bonds is 6. The van der Waals surface area contributed by atoms with Crippen molar-refractivity contribution < 1.29 is 23.9 Å². The lowest BCUT2D eigenvalue weighted by Crippen LogP contribution is -2.31. The molecule has 7 heteroatoms. The number of anilines is 1. The second-order valence-corrected chi connectivity index (χ2v) is 7.51. The Labute approximate surface area is 185 Å². The van der Waals surface area contributed by atoms with E-state index in [1.165, 1.54) is 4.90 Å². The second kappa shape index (κ2) is 8.63. The zero-order chi connectivity index (χ0) is 22.8. The summed E-state index contributed by atoms with van der Waals surface area (Å²) in [6, 6.07) is 17.8. The van der Waals surface area contributed by atoms with Crippen LogP contribution in [0.3, 0.4) is 0 Å². The Hall–Kier alpha value is -4.00. The highest BCUT2D eigenvalue weighted by Crippen LogP contribution is 2.41. The number of hydrogen-bond acceptors (Lipinski definition) is 5. The lowest BCUT2D eigenvalue weighted by Gasteiger charge is -2.27. The Kier molecular flexibility index (Phi) is 5.73. The number of esters is 1. The molecule has 0 bridgehead atoms. The van der Waals surface area contributed by atoms with Crippen molar-refractivity contribution in [2.24, 2.45) is 13.0 Å². The van der Waals surface area contributed by atoms with Gasteiger partial charge in [-0.1, -0.05) is 30.3 Å². The van der Waals surface area contributed by atoms with Crippen LogP contribution in [0.5, 0.6) is 0 Å². The summed E-state index contributed by atoms with van der Waals surface area (Å²) < 4.78 is 6.64. The van der Waals surface area contributed by atoms with Crippen LogP contribution in [0.2, 0.25) is 0 Å². The van der Waals surface area contributed by atoms with Gasteiger partial charge in [0.2, 0.25) is 5.78 Å². The normalized spacial score (nSPS) is 18.1. The molecule has 2 heterocycles. The Bertz CT molecular complexity index is 1180. The van der Waals surface area contributed by atoms with Crippen molar-refractivity contribution in [2.75, 3.05) is 11.5 Å². The van der Waals surface area contributed by atoms with E-state index in [1.54, 1.807) is 85.4 Å². The average Bonchev–Trinajstić information content (AvgIpc) is 3.35. The summed E-state index contributed by atoms with van der Waals surface area (Å²) >= 11 is 0. The highest BCUT2D eigenvalue weighted by molar-refractivity contribution is 6.48. The van der Waals surface area contributed by atoms with Crippen molar-refractivity contribution in [3.8, 4) is 0 Å². The van der Waals surface area contributed by atoms with E-state index in [0.29, 0.717) is 22.5 Å². The standard InChI is InChI=1S/C25H22N2O5/c1-3-32-25(31)17-11-13-18(14-12-17)27-21(16-8-5-4-6-9-16)20(23(29)24(27)30)22(28)19-10-7-15-26(19)2/h4-15,20-21H,3H2,1-2H3. The summed E-state index contributed by atoms with van der Waals surface area (Å²) in [6.45, 7) is 1.97. The highest BCUT2D eigenvalue weighted by atomic mass is 16.5. The van der Waals surface area contributed by atoms with Crippen LogP contribution >= 0.6 is 0 Å². The first kappa shape index (κ1) is 21.2. The third kappa shape index (κ3) is 3.62. The maximum absolute atomic E-state index is 13.4. The fourth-order valence-electron chi connectivity index (χ4n) is 4.05. The van der Waals surface area contributed by atoms with E-state index in [4.69, 9.17) is 4.74 Å². The summed E-state index contributed by atoms with van der Waals surface area (Å²) in [5.41, 5.74) is 1.79. The highest BCUT2D eigenvalue weighted by Gasteiger charge is 2.52. The van der Waals surface area contributed by atoms with Crippen molar-refractivity contribution in [2.45, 2.75) is 13.0 Å². The fraction of sp³-hybridized carbons (Fsp3) is 0.200. The Morgan fingerprint density at radius 2 is 1.62 bits per heavy atom. The van der Waals surface area contributed by atoms with Gasteiger partial charge in [-0.25, -0.2) is 4.79 Å². The first-order valence-electron chi connectivity index (χ1n) is 10.3. The summed E-state index contributed by atoms with van der Waals surface area (Å²) in [5, 5.41) is 0. The minimum absolute atomic E-state index is 0.249. The number of nitrogens with zero attached hydrogens (tertiary/aromatic N) is 2. The van der Waals surface area contributed by atoms with Gasteiger partial charge in [0.25, 0.3) is 5.91 Å². The maximum Gasteiger partial charge on any atom is 0.338 e. The van der Waals surface area contributed by atoms with Gasteiger partial charge in [0.05, 0.1) is 23.9 Å². The number of amides is 1. The van der Waals surface area contributed by atoms with Crippen LogP contribution in [0.4, 0.5) is 5.69 Å². The third-order valence-electron chi connectivity index (χ3n) is 5.58. The van der Waals surface area contributed by atoms with Crippen LogP contribution in [0.25, 0.3) is 0 Å². The van der Waals surface area contributed by atoms with Crippen LogP contribution < -0.4 is 4.90 Å². The quantitative estimate of drug-likeness (QED) is 0.259. The van der Waals surface area contributed by atoms with Gasteiger partial charge in [0, 0.05) is 18.9 Å². The number of aromatic nitrogens is 1. The van der Waals surface area contributed by atoms with Crippen molar-refractivity contribution in [3.05, 3.63) is 89.7 Å². The molecule has 2 unspecified atom stereocenters. The number of hydrogen-bond donors (Lipinski definition) is 0. The van der Waals surface area contributed by atoms with Gasteiger partial charge >= 0.3 is 5.97 Å². The van der Waals surface area contributed by atoms with Gasteiger partial charge in [0.15, 0.2) is 5.78 Å². The molecule has 1 saturated heterocycles. The van der Waals surface area contributed by atoms with Crippen molar-refractivity contribution in [1.29, 1.82) is 0 Å². The molecule has 1 aliphatic heterocycles. The molecule has 162 valence electrons. The number of carbonyl (C=O) groups excluding carboxylic acids is 4. The average molecular weight is 430 g/mol.